The van der Waals surface area contributed by atoms with Crippen molar-refractivity contribution in [2.75, 3.05) is 0 Å². The Hall–Kier alpha value is -2.83. The van der Waals surface area contributed by atoms with Crippen LogP contribution in [0.25, 0.3) is 22.0 Å². The normalized spacial score (nSPS) is 11.7. The third-order valence-corrected chi connectivity index (χ3v) is 6.67. The Bertz CT molecular complexity index is 1350. The van der Waals surface area contributed by atoms with E-state index in [0.29, 0.717) is 27.1 Å². The number of fused-ring (bicyclic) bond motifs is 1. The highest BCUT2D eigenvalue weighted by Gasteiger charge is 2.22. The minimum absolute atomic E-state index is 0.00659. The number of hydrogen-bond donors (Lipinski definition) is 0. The molecule has 0 aliphatic heterocycles. The van der Waals surface area contributed by atoms with Gasteiger partial charge in [0.1, 0.15) is 11.6 Å². The second-order valence-corrected chi connectivity index (χ2v) is 8.89. The molecule has 0 amide bonds. The van der Waals surface area contributed by atoms with Crippen LogP contribution in [0.4, 0.5) is 8.78 Å². The first kappa shape index (κ1) is 19.5. The maximum Gasteiger partial charge on any atom is 0.223 e. The van der Waals surface area contributed by atoms with E-state index in [9.17, 15) is 17.2 Å². The summed E-state index contributed by atoms with van der Waals surface area (Å²) in [5.74, 6) is -0.913. The fourth-order valence-electron chi connectivity index (χ4n) is 3.04. The number of pyridine rings is 1. The molecular weight excluding hydrogens is 416 g/mol. The molecule has 4 aromatic rings. The van der Waals surface area contributed by atoms with Crippen LogP contribution >= 0.6 is 11.6 Å². The van der Waals surface area contributed by atoms with Crippen molar-refractivity contribution in [3.8, 4) is 11.1 Å². The van der Waals surface area contributed by atoms with E-state index in [2.05, 4.69) is 4.98 Å². The maximum atomic E-state index is 13.9. The second-order valence-electron chi connectivity index (χ2n) is 6.59. The highest BCUT2D eigenvalue weighted by Crippen LogP contribution is 2.33. The smallest absolute Gasteiger partial charge is 0.223 e. The Labute approximate surface area is 171 Å². The summed E-state index contributed by atoms with van der Waals surface area (Å²) >= 11 is 6.10. The molecule has 0 atom stereocenters. The number of halogens is 3. The van der Waals surface area contributed by atoms with Crippen LogP contribution in [0.5, 0.6) is 0 Å². The zero-order valence-corrected chi connectivity index (χ0v) is 16.7. The summed E-state index contributed by atoms with van der Waals surface area (Å²) in [6.07, 6.45) is 0. The van der Waals surface area contributed by atoms with Gasteiger partial charge in [0.15, 0.2) is 5.03 Å². The molecule has 146 valence electrons. The third kappa shape index (κ3) is 3.61. The molecule has 0 aliphatic carbocycles. The lowest BCUT2D eigenvalue weighted by atomic mass is 10.0. The highest BCUT2D eigenvalue weighted by atomic mass is 35.5. The summed E-state index contributed by atoms with van der Waals surface area (Å²) in [6.45, 7) is 1.77. The molecule has 0 saturated carbocycles. The molecule has 1 aromatic heterocycles. The monoisotopic (exact) mass is 429 g/mol. The maximum absolute atomic E-state index is 13.9. The summed E-state index contributed by atoms with van der Waals surface area (Å²) in [5.41, 5.74) is 2.04. The molecule has 0 radical (unpaired) electrons. The van der Waals surface area contributed by atoms with Gasteiger partial charge in [-0.15, -0.1) is 0 Å². The number of hydrogen-bond acceptors (Lipinski definition) is 3. The zero-order chi connectivity index (χ0) is 20.8. The van der Waals surface area contributed by atoms with E-state index in [1.165, 1.54) is 60.7 Å². The summed E-state index contributed by atoms with van der Waals surface area (Å²) in [5, 5.41) is 0.557. The zero-order valence-electron chi connectivity index (χ0n) is 15.2. The average molecular weight is 430 g/mol. The molecule has 29 heavy (non-hydrogen) atoms. The molecule has 0 N–H and O–H groups in total. The number of nitrogens with zero attached hydrogens (tertiary/aromatic N) is 1. The van der Waals surface area contributed by atoms with Crippen molar-refractivity contribution in [1.29, 1.82) is 0 Å². The van der Waals surface area contributed by atoms with Crippen LogP contribution in [-0.2, 0) is 9.84 Å². The van der Waals surface area contributed by atoms with Crippen LogP contribution in [-0.4, -0.2) is 13.4 Å². The molecule has 4 rings (SSSR count). The van der Waals surface area contributed by atoms with Crippen LogP contribution in [0.3, 0.4) is 0 Å². The van der Waals surface area contributed by atoms with Gasteiger partial charge in [-0.05, 0) is 72.1 Å². The molecule has 7 heteroatoms. The van der Waals surface area contributed by atoms with E-state index in [4.69, 9.17) is 11.6 Å². The Morgan fingerprint density at radius 2 is 1.55 bits per heavy atom. The Morgan fingerprint density at radius 1 is 0.862 bits per heavy atom. The second kappa shape index (κ2) is 7.21. The number of aryl methyl sites for hydroxylation is 1. The molecule has 3 aromatic carbocycles. The van der Waals surface area contributed by atoms with Crippen LogP contribution in [0.1, 0.15) is 5.56 Å². The Morgan fingerprint density at radius 3 is 2.24 bits per heavy atom. The van der Waals surface area contributed by atoms with Gasteiger partial charge in [0.2, 0.25) is 9.84 Å². The lowest BCUT2D eigenvalue weighted by molar-refractivity contribution is 0.593. The highest BCUT2D eigenvalue weighted by molar-refractivity contribution is 7.91. The predicted octanol–water partition coefficient (Wildman–Crippen LogP) is 5.97. The number of aromatic nitrogens is 1. The van der Waals surface area contributed by atoms with Gasteiger partial charge in [0.25, 0.3) is 0 Å². The quantitative estimate of drug-likeness (QED) is 0.402. The Balaban J connectivity index is 1.99. The minimum atomic E-state index is -3.98. The predicted molar refractivity (Wildman–Crippen MR) is 109 cm³/mol. The van der Waals surface area contributed by atoms with Crippen molar-refractivity contribution >= 4 is 32.3 Å². The summed E-state index contributed by atoms with van der Waals surface area (Å²) in [6, 6.07) is 15.3. The molecule has 0 saturated heterocycles. The minimum Gasteiger partial charge on any atom is -0.236 e. The SMILES string of the molecule is Cc1ccc(S(=O)(=O)c2cc(-c3ccc(F)cc3)c3cc(F)ccc3n2)cc1Cl. The topological polar surface area (TPSA) is 47.0 Å². The van der Waals surface area contributed by atoms with Gasteiger partial charge in [0.05, 0.1) is 10.4 Å². The standard InChI is InChI=1S/C22H14ClF2NO2S/c1-13-2-8-17(11-20(13)23)29(27,28)22-12-18(14-3-5-15(24)6-4-14)19-10-16(25)7-9-21(19)26-22/h2-12H,1H3. The largest absolute Gasteiger partial charge is 0.236 e. The summed E-state index contributed by atoms with van der Waals surface area (Å²) in [4.78, 5) is 4.26. The van der Waals surface area contributed by atoms with Gasteiger partial charge in [-0.2, -0.15) is 0 Å². The third-order valence-electron chi connectivity index (χ3n) is 4.63. The molecule has 3 nitrogen and oxygen atoms in total. The fourth-order valence-corrected chi connectivity index (χ4v) is 4.54. The van der Waals surface area contributed by atoms with Crippen molar-refractivity contribution in [2.45, 2.75) is 16.8 Å². The van der Waals surface area contributed by atoms with Crippen molar-refractivity contribution in [2.24, 2.45) is 0 Å². The van der Waals surface area contributed by atoms with Gasteiger partial charge in [-0.3, -0.25) is 0 Å². The van der Waals surface area contributed by atoms with Crippen molar-refractivity contribution in [3.63, 3.8) is 0 Å². The van der Waals surface area contributed by atoms with Gasteiger partial charge >= 0.3 is 0 Å². The van der Waals surface area contributed by atoms with E-state index in [1.54, 1.807) is 13.0 Å². The van der Waals surface area contributed by atoms with Gasteiger partial charge in [-0.1, -0.05) is 29.8 Å². The van der Waals surface area contributed by atoms with Crippen LogP contribution in [0.15, 0.2) is 76.7 Å². The van der Waals surface area contributed by atoms with Crippen molar-refractivity contribution in [1.82, 2.24) is 4.98 Å². The molecule has 1 heterocycles. The van der Waals surface area contributed by atoms with E-state index >= 15 is 0 Å². The average Bonchev–Trinajstić information content (AvgIpc) is 2.70. The van der Waals surface area contributed by atoms with Crippen LogP contribution < -0.4 is 0 Å². The van der Waals surface area contributed by atoms with Crippen molar-refractivity contribution in [3.05, 3.63) is 89.0 Å². The lowest BCUT2D eigenvalue weighted by Gasteiger charge is -2.12. The van der Waals surface area contributed by atoms with E-state index in [0.717, 1.165) is 5.56 Å². The molecule has 0 unspecified atom stereocenters. The Kier molecular flexibility index (Phi) is 4.84. The van der Waals surface area contributed by atoms with Gasteiger partial charge in [-0.25, -0.2) is 22.2 Å². The number of benzene rings is 3. The number of sulfone groups is 1. The first-order valence-corrected chi connectivity index (χ1v) is 10.5. The summed E-state index contributed by atoms with van der Waals surface area (Å²) < 4.78 is 53.6. The molecule has 0 aliphatic rings. The van der Waals surface area contributed by atoms with Crippen LogP contribution in [0, 0.1) is 18.6 Å². The van der Waals surface area contributed by atoms with E-state index in [-0.39, 0.29) is 9.92 Å². The van der Waals surface area contributed by atoms with Crippen LogP contribution in [0.2, 0.25) is 5.02 Å². The molecule has 0 fully saturated rings. The number of rotatable bonds is 3. The summed E-state index contributed by atoms with van der Waals surface area (Å²) in [7, 11) is -3.98. The molecule has 0 bridgehead atoms. The molecular formula is C22H14ClF2NO2S. The molecule has 0 spiro atoms. The van der Waals surface area contributed by atoms with Crippen molar-refractivity contribution < 1.29 is 17.2 Å². The first-order chi connectivity index (χ1) is 13.8. The van der Waals surface area contributed by atoms with E-state index in [1.807, 2.05) is 0 Å². The first-order valence-electron chi connectivity index (χ1n) is 8.63. The van der Waals surface area contributed by atoms with E-state index < -0.39 is 21.5 Å². The lowest BCUT2D eigenvalue weighted by Crippen LogP contribution is -2.06. The van der Waals surface area contributed by atoms with Gasteiger partial charge in [0, 0.05) is 10.4 Å². The van der Waals surface area contributed by atoms with Gasteiger partial charge < -0.3 is 0 Å². The fraction of sp³-hybridized carbons (Fsp3) is 0.0455.